The zero-order valence-corrected chi connectivity index (χ0v) is 14.0. The van der Waals surface area contributed by atoms with E-state index in [9.17, 15) is 0 Å². The van der Waals surface area contributed by atoms with Gasteiger partial charge in [0.1, 0.15) is 0 Å². The Kier molecular flexibility index (Phi) is 3.97. The van der Waals surface area contributed by atoms with E-state index in [1.54, 1.807) is 11.3 Å². The zero-order valence-electron chi connectivity index (χ0n) is 13.2. The second kappa shape index (κ2) is 6.26. The molecule has 1 aliphatic heterocycles. The van der Waals surface area contributed by atoms with Crippen LogP contribution in [0.4, 0.5) is 5.13 Å². The second-order valence-electron chi connectivity index (χ2n) is 5.83. The molecule has 4 rings (SSSR count). The summed E-state index contributed by atoms with van der Waals surface area (Å²) in [5.74, 6) is 0. The van der Waals surface area contributed by atoms with Gasteiger partial charge in [0, 0.05) is 42.2 Å². The van der Waals surface area contributed by atoms with E-state index < -0.39 is 0 Å². The average molecular weight is 325 g/mol. The number of benzene rings is 1. The molecule has 2 aromatic heterocycles. The minimum Gasteiger partial charge on any atom is -0.378 e. The van der Waals surface area contributed by atoms with Crippen molar-refractivity contribution in [2.24, 2.45) is 0 Å². The van der Waals surface area contributed by atoms with E-state index in [2.05, 4.69) is 35.0 Å². The Labute approximate surface area is 139 Å². The van der Waals surface area contributed by atoms with E-state index in [1.165, 1.54) is 26.9 Å². The number of anilines is 1. The fourth-order valence-corrected chi connectivity index (χ4v) is 3.88. The van der Waals surface area contributed by atoms with E-state index in [4.69, 9.17) is 9.72 Å². The lowest BCUT2D eigenvalue weighted by atomic mass is 10.1. The largest absolute Gasteiger partial charge is 0.378 e. The third kappa shape index (κ3) is 3.07. The molecule has 1 fully saturated rings. The van der Waals surface area contributed by atoms with Crippen LogP contribution in [0.3, 0.4) is 0 Å². The fraction of sp³-hybridized carbons (Fsp3) is 0.333. The first-order valence-electron chi connectivity index (χ1n) is 7.91. The van der Waals surface area contributed by atoms with Gasteiger partial charge in [-0.1, -0.05) is 12.1 Å². The molecule has 3 aromatic rings. The quantitative estimate of drug-likeness (QED) is 0.739. The van der Waals surface area contributed by atoms with Crippen molar-refractivity contribution in [2.45, 2.75) is 13.3 Å². The summed E-state index contributed by atoms with van der Waals surface area (Å²) >= 11 is 1.79. The summed E-state index contributed by atoms with van der Waals surface area (Å²) in [5, 5.41) is 3.54. The predicted molar refractivity (Wildman–Crippen MR) is 94.4 cm³/mol. The maximum Gasteiger partial charge on any atom is 0.185 e. The van der Waals surface area contributed by atoms with Gasteiger partial charge in [0.25, 0.3) is 0 Å². The van der Waals surface area contributed by atoms with Gasteiger partial charge in [-0.2, -0.15) is 0 Å². The Bertz CT molecular complexity index is 824. The number of fused-ring (bicyclic) bond motifs is 1. The molecule has 0 spiro atoms. The molecule has 3 heterocycles. The Balaban J connectivity index is 1.58. The van der Waals surface area contributed by atoms with Crippen LogP contribution in [-0.4, -0.2) is 36.3 Å². The van der Waals surface area contributed by atoms with Gasteiger partial charge < -0.3 is 9.64 Å². The molecule has 5 heteroatoms. The standard InChI is InChI=1S/C18H19N3OS/c1-13-17(20-18(23-13)21-6-8-22-9-7-21)11-14-2-3-15-4-5-19-12-16(15)10-14/h2-5,10,12H,6-9,11H2,1H3. The highest BCUT2D eigenvalue weighted by Crippen LogP contribution is 2.28. The van der Waals surface area contributed by atoms with E-state index in [1.807, 2.05) is 18.5 Å². The molecular formula is C18H19N3OS. The third-order valence-corrected chi connectivity index (χ3v) is 5.31. The number of pyridine rings is 1. The number of morpholine rings is 1. The van der Waals surface area contributed by atoms with Gasteiger partial charge in [-0.05, 0) is 30.0 Å². The lowest BCUT2D eigenvalue weighted by molar-refractivity contribution is 0.122. The molecule has 118 valence electrons. The van der Waals surface area contributed by atoms with Crippen LogP contribution in [0.25, 0.3) is 10.8 Å². The number of aromatic nitrogens is 2. The first kappa shape index (κ1) is 14.6. The summed E-state index contributed by atoms with van der Waals surface area (Å²) in [6.07, 6.45) is 4.63. The molecule has 0 amide bonds. The van der Waals surface area contributed by atoms with Crippen molar-refractivity contribution in [3.05, 3.63) is 52.8 Å². The lowest BCUT2D eigenvalue weighted by Gasteiger charge is -2.26. The van der Waals surface area contributed by atoms with Crippen molar-refractivity contribution in [2.75, 3.05) is 31.2 Å². The molecule has 1 aromatic carbocycles. The topological polar surface area (TPSA) is 38.2 Å². The van der Waals surface area contributed by atoms with Crippen LogP contribution in [-0.2, 0) is 11.2 Å². The summed E-state index contributed by atoms with van der Waals surface area (Å²) in [5.41, 5.74) is 2.46. The Hall–Kier alpha value is -1.98. The molecule has 0 radical (unpaired) electrons. The molecule has 0 unspecified atom stereocenters. The predicted octanol–water partition coefficient (Wildman–Crippen LogP) is 3.43. The minimum absolute atomic E-state index is 0.797. The summed E-state index contributed by atoms with van der Waals surface area (Å²) in [6, 6.07) is 8.62. The summed E-state index contributed by atoms with van der Waals surface area (Å²) in [4.78, 5) is 12.7. The highest BCUT2D eigenvalue weighted by molar-refractivity contribution is 7.15. The molecule has 4 nitrogen and oxygen atoms in total. The normalized spacial score (nSPS) is 15.3. The van der Waals surface area contributed by atoms with Gasteiger partial charge in [0.2, 0.25) is 0 Å². The van der Waals surface area contributed by atoms with E-state index >= 15 is 0 Å². The van der Waals surface area contributed by atoms with Crippen LogP contribution in [0.2, 0.25) is 0 Å². The highest BCUT2D eigenvalue weighted by Gasteiger charge is 2.17. The molecule has 1 saturated heterocycles. The smallest absolute Gasteiger partial charge is 0.185 e. The first-order valence-corrected chi connectivity index (χ1v) is 8.73. The Morgan fingerprint density at radius 1 is 1.17 bits per heavy atom. The molecular weight excluding hydrogens is 306 g/mol. The van der Waals surface area contributed by atoms with Crippen LogP contribution >= 0.6 is 11.3 Å². The van der Waals surface area contributed by atoms with E-state index in [-0.39, 0.29) is 0 Å². The number of hydrogen-bond acceptors (Lipinski definition) is 5. The molecule has 0 saturated carbocycles. The maximum absolute atomic E-state index is 5.42. The average Bonchev–Trinajstić information content (AvgIpc) is 2.96. The summed E-state index contributed by atoms with van der Waals surface area (Å²) < 4.78 is 5.42. The van der Waals surface area contributed by atoms with Crippen LogP contribution in [0.5, 0.6) is 0 Å². The maximum atomic E-state index is 5.42. The third-order valence-electron chi connectivity index (χ3n) is 4.24. The molecule has 1 aliphatic rings. The van der Waals surface area contributed by atoms with Crippen molar-refractivity contribution in [3.63, 3.8) is 0 Å². The van der Waals surface area contributed by atoms with Crippen LogP contribution in [0, 0.1) is 6.92 Å². The Morgan fingerprint density at radius 3 is 2.91 bits per heavy atom. The molecule has 0 N–H and O–H groups in total. The minimum atomic E-state index is 0.797. The van der Waals surface area contributed by atoms with E-state index in [0.717, 1.165) is 37.9 Å². The zero-order chi connectivity index (χ0) is 15.6. The molecule has 0 bridgehead atoms. The second-order valence-corrected chi connectivity index (χ2v) is 7.01. The van der Waals surface area contributed by atoms with Crippen molar-refractivity contribution >= 4 is 27.2 Å². The monoisotopic (exact) mass is 325 g/mol. The first-order chi connectivity index (χ1) is 11.3. The van der Waals surface area contributed by atoms with Crippen LogP contribution in [0.1, 0.15) is 16.1 Å². The number of rotatable bonds is 3. The summed E-state index contributed by atoms with van der Waals surface area (Å²) in [7, 11) is 0. The Morgan fingerprint density at radius 2 is 2.04 bits per heavy atom. The van der Waals surface area contributed by atoms with Gasteiger partial charge in [-0.3, -0.25) is 4.98 Å². The fourth-order valence-electron chi connectivity index (χ4n) is 2.90. The number of hydrogen-bond donors (Lipinski definition) is 0. The van der Waals surface area contributed by atoms with E-state index in [0.29, 0.717) is 0 Å². The lowest BCUT2D eigenvalue weighted by Crippen LogP contribution is -2.36. The van der Waals surface area contributed by atoms with Crippen LogP contribution in [0.15, 0.2) is 36.7 Å². The summed E-state index contributed by atoms with van der Waals surface area (Å²) in [6.45, 7) is 5.64. The van der Waals surface area contributed by atoms with Gasteiger partial charge in [-0.15, -0.1) is 11.3 Å². The van der Waals surface area contributed by atoms with Gasteiger partial charge >= 0.3 is 0 Å². The number of ether oxygens (including phenoxy) is 1. The van der Waals surface area contributed by atoms with Crippen molar-refractivity contribution in [1.82, 2.24) is 9.97 Å². The molecule has 0 aliphatic carbocycles. The van der Waals surface area contributed by atoms with Crippen molar-refractivity contribution in [3.8, 4) is 0 Å². The molecule has 0 atom stereocenters. The van der Waals surface area contributed by atoms with Crippen molar-refractivity contribution in [1.29, 1.82) is 0 Å². The number of aryl methyl sites for hydroxylation is 1. The SMILES string of the molecule is Cc1sc(N2CCOCC2)nc1Cc1ccc2ccncc2c1. The van der Waals surface area contributed by atoms with Crippen molar-refractivity contribution < 1.29 is 4.74 Å². The van der Waals surface area contributed by atoms with Crippen LogP contribution < -0.4 is 4.90 Å². The van der Waals surface area contributed by atoms with Gasteiger partial charge in [0.15, 0.2) is 5.13 Å². The van der Waals surface area contributed by atoms with Gasteiger partial charge in [0.05, 0.1) is 18.9 Å². The van der Waals surface area contributed by atoms with Gasteiger partial charge in [-0.25, -0.2) is 4.98 Å². The molecule has 23 heavy (non-hydrogen) atoms. The highest BCUT2D eigenvalue weighted by atomic mass is 32.1. The number of nitrogens with zero attached hydrogens (tertiary/aromatic N) is 3. The number of thiazole rings is 1.